The van der Waals surface area contributed by atoms with Crippen LogP contribution in [0.1, 0.15) is 32.8 Å². The minimum atomic E-state index is -0.447. The highest BCUT2D eigenvalue weighted by Gasteiger charge is 2.26. The van der Waals surface area contributed by atoms with Crippen LogP contribution in [0.15, 0.2) is 28.7 Å². The second-order valence-electron chi connectivity index (χ2n) is 6.46. The normalized spacial score (nSPS) is 19.5. The number of ether oxygens (including phenoxy) is 1. The van der Waals surface area contributed by atoms with Gasteiger partial charge in [-0.15, -0.1) is 0 Å². The Balaban J connectivity index is 1.81. The Morgan fingerprint density at radius 1 is 1.43 bits per heavy atom. The first-order chi connectivity index (χ1) is 9.83. The van der Waals surface area contributed by atoms with E-state index in [2.05, 4.69) is 38.3 Å². The molecule has 1 aromatic rings. The molecule has 21 heavy (non-hydrogen) atoms. The first-order valence-corrected chi connectivity index (χ1v) is 8.08. The van der Waals surface area contributed by atoms with Crippen LogP contribution in [-0.4, -0.2) is 35.7 Å². The summed E-state index contributed by atoms with van der Waals surface area (Å²) in [5.41, 5.74) is 0.826. The molecule has 0 aromatic heterocycles. The van der Waals surface area contributed by atoms with Crippen LogP contribution in [-0.2, 0) is 11.3 Å². The summed E-state index contributed by atoms with van der Waals surface area (Å²) in [6.45, 7) is 8.37. The molecule has 1 aromatic carbocycles. The van der Waals surface area contributed by atoms with Crippen molar-refractivity contribution in [2.75, 3.05) is 13.1 Å². The predicted molar refractivity (Wildman–Crippen MR) is 87.2 cm³/mol. The summed E-state index contributed by atoms with van der Waals surface area (Å²) in [4.78, 5) is 14.1. The smallest absolute Gasteiger partial charge is 0.407 e. The molecule has 1 fully saturated rings. The maximum atomic E-state index is 11.8. The third-order valence-corrected chi connectivity index (χ3v) is 4.12. The lowest BCUT2D eigenvalue weighted by Gasteiger charge is -2.22. The van der Waals surface area contributed by atoms with Gasteiger partial charge in [0.2, 0.25) is 0 Å². The quantitative estimate of drug-likeness (QED) is 0.902. The number of carbonyl (C=O) groups excluding carboxylic acids is 1. The Morgan fingerprint density at radius 3 is 2.81 bits per heavy atom. The summed E-state index contributed by atoms with van der Waals surface area (Å²) in [6.07, 6.45) is 0.638. The summed E-state index contributed by atoms with van der Waals surface area (Å²) in [5.74, 6) is 0. The molecule has 1 amide bonds. The molecule has 1 N–H and O–H groups in total. The Bertz CT molecular complexity index is 499. The zero-order chi connectivity index (χ0) is 15.5. The monoisotopic (exact) mass is 354 g/mol. The number of hydrogen-bond acceptors (Lipinski definition) is 3. The molecule has 0 spiro atoms. The van der Waals surface area contributed by atoms with E-state index in [1.165, 1.54) is 5.56 Å². The number of alkyl carbamates (subject to hydrolysis) is 1. The fourth-order valence-electron chi connectivity index (χ4n) is 2.44. The molecule has 0 unspecified atom stereocenters. The molecular weight excluding hydrogens is 332 g/mol. The number of halogens is 1. The fourth-order valence-corrected chi connectivity index (χ4v) is 2.85. The number of carbonyl (C=O) groups is 1. The zero-order valence-electron chi connectivity index (χ0n) is 12.9. The number of likely N-dealkylation sites (tertiary alicyclic amines) is 1. The topological polar surface area (TPSA) is 41.6 Å². The van der Waals surface area contributed by atoms with Crippen LogP contribution in [0.25, 0.3) is 0 Å². The summed E-state index contributed by atoms with van der Waals surface area (Å²) < 4.78 is 6.43. The Hall–Kier alpha value is -1.07. The molecule has 1 aliphatic heterocycles. The second-order valence-corrected chi connectivity index (χ2v) is 7.31. The van der Waals surface area contributed by atoms with Gasteiger partial charge in [-0.2, -0.15) is 0 Å². The Morgan fingerprint density at radius 2 is 2.14 bits per heavy atom. The molecule has 0 bridgehead atoms. The number of hydrogen-bond donors (Lipinski definition) is 1. The third-order valence-electron chi connectivity index (χ3n) is 3.35. The first-order valence-electron chi connectivity index (χ1n) is 7.29. The number of nitrogens with one attached hydrogen (secondary N) is 1. The van der Waals surface area contributed by atoms with Gasteiger partial charge in [-0.05, 0) is 38.8 Å². The van der Waals surface area contributed by atoms with Crippen molar-refractivity contribution >= 4 is 22.0 Å². The lowest BCUT2D eigenvalue weighted by molar-refractivity contribution is 0.0506. The highest BCUT2D eigenvalue weighted by atomic mass is 79.9. The van der Waals surface area contributed by atoms with Crippen molar-refractivity contribution in [2.24, 2.45) is 0 Å². The number of nitrogens with zero attached hydrogens (tertiary/aromatic N) is 1. The van der Waals surface area contributed by atoms with Crippen molar-refractivity contribution in [1.82, 2.24) is 10.2 Å². The van der Waals surface area contributed by atoms with Gasteiger partial charge in [0, 0.05) is 30.1 Å². The van der Waals surface area contributed by atoms with Gasteiger partial charge in [-0.3, -0.25) is 4.90 Å². The van der Waals surface area contributed by atoms with Gasteiger partial charge in [-0.25, -0.2) is 4.79 Å². The first kappa shape index (κ1) is 16.3. The van der Waals surface area contributed by atoms with Crippen molar-refractivity contribution in [1.29, 1.82) is 0 Å². The summed E-state index contributed by atoms with van der Waals surface area (Å²) in [5, 5.41) is 2.95. The Kier molecular flexibility index (Phi) is 5.27. The average Bonchev–Trinajstić information content (AvgIpc) is 2.77. The van der Waals surface area contributed by atoms with E-state index >= 15 is 0 Å². The van der Waals surface area contributed by atoms with Crippen molar-refractivity contribution in [3.63, 3.8) is 0 Å². The zero-order valence-corrected chi connectivity index (χ0v) is 14.4. The molecule has 0 saturated carbocycles. The molecular formula is C16H23BrN2O2. The molecule has 116 valence electrons. The van der Waals surface area contributed by atoms with Crippen LogP contribution < -0.4 is 5.32 Å². The minimum Gasteiger partial charge on any atom is -0.444 e. The van der Waals surface area contributed by atoms with Crippen LogP contribution in [0.2, 0.25) is 0 Å². The third kappa shape index (κ3) is 5.32. The van der Waals surface area contributed by atoms with E-state index in [9.17, 15) is 4.79 Å². The molecule has 0 aliphatic carbocycles. The molecule has 1 saturated heterocycles. The SMILES string of the molecule is CC(C)(C)OC(=O)N[C@@H]1CCN(Cc2ccccc2Br)C1. The van der Waals surface area contributed by atoms with Gasteiger partial charge in [0.15, 0.2) is 0 Å². The summed E-state index contributed by atoms with van der Waals surface area (Å²) >= 11 is 3.58. The van der Waals surface area contributed by atoms with Gasteiger partial charge in [0.05, 0.1) is 0 Å². The van der Waals surface area contributed by atoms with Gasteiger partial charge in [0.25, 0.3) is 0 Å². The van der Waals surface area contributed by atoms with Gasteiger partial charge >= 0.3 is 6.09 Å². The molecule has 0 radical (unpaired) electrons. The minimum absolute atomic E-state index is 0.169. The maximum absolute atomic E-state index is 11.8. The van der Waals surface area contributed by atoms with E-state index in [-0.39, 0.29) is 12.1 Å². The largest absolute Gasteiger partial charge is 0.444 e. The molecule has 1 aliphatic rings. The maximum Gasteiger partial charge on any atom is 0.407 e. The highest BCUT2D eigenvalue weighted by Crippen LogP contribution is 2.20. The average molecular weight is 355 g/mol. The lowest BCUT2D eigenvalue weighted by Crippen LogP contribution is -2.40. The van der Waals surface area contributed by atoms with E-state index < -0.39 is 5.60 Å². The second kappa shape index (κ2) is 6.79. The lowest BCUT2D eigenvalue weighted by atomic mass is 10.2. The fraction of sp³-hybridized carbons (Fsp3) is 0.562. The molecule has 4 nitrogen and oxygen atoms in total. The highest BCUT2D eigenvalue weighted by molar-refractivity contribution is 9.10. The van der Waals surface area contributed by atoms with Crippen LogP contribution in [0.3, 0.4) is 0 Å². The van der Waals surface area contributed by atoms with Crippen molar-refractivity contribution < 1.29 is 9.53 Å². The van der Waals surface area contributed by atoms with E-state index in [0.29, 0.717) is 0 Å². The number of benzene rings is 1. The van der Waals surface area contributed by atoms with Crippen LogP contribution in [0, 0.1) is 0 Å². The predicted octanol–water partition coefficient (Wildman–Crippen LogP) is 3.55. The van der Waals surface area contributed by atoms with Gasteiger partial charge in [0.1, 0.15) is 5.60 Å². The molecule has 2 rings (SSSR count). The van der Waals surface area contributed by atoms with Crippen molar-refractivity contribution in [3.05, 3.63) is 34.3 Å². The van der Waals surface area contributed by atoms with Crippen LogP contribution in [0.4, 0.5) is 4.79 Å². The Labute approximate surface area is 135 Å². The standard InChI is InChI=1S/C16H23BrN2O2/c1-16(2,3)21-15(20)18-13-8-9-19(11-13)10-12-6-4-5-7-14(12)17/h4-7,13H,8-11H2,1-3H3,(H,18,20)/t13-/m1/s1. The molecule has 1 atom stereocenters. The van der Waals surface area contributed by atoms with E-state index in [1.54, 1.807) is 0 Å². The van der Waals surface area contributed by atoms with Crippen LogP contribution in [0.5, 0.6) is 0 Å². The molecule has 1 heterocycles. The van der Waals surface area contributed by atoms with E-state index in [1.807, 2.05) is 32.9 Å². The van der Waals surface area contributed by atoms with Gasteiger partial charge < -0.3 is 10.1 Å². The number of amides is 1. The number of rotatable bonds is 3. The van der Waals surface area contributed by atoms with Crippen molar-refractivity contribution in [3.8, 4) is 0 Å². The van der Waals surface area contributed by atoms with Gasteiger partial charge in [-0.1, -0.05) is 34.1 Å². The van der Waals surface area contributed by atoms with E-state index in [4.69, 9.17) is 4.74 Å². The summed E-state index contributed by atoms with van der Waals surface area (Å²) in [6, 6.07) is 8.42. The molecule has 5 heteroatoms. The van der Waals surface area contributed by atoms with E-state index in [0.717, 1.165) is 30.5 Å². The van der Waals surface area contributed by atoms with Crippen molar-refractivity contribution in [2.45, 2.75) is 45.4 Å². The summed E-state index contributed by atoms with van der Waals surface area (Å²) in [7, 11) is 0. The van der Waals surface area contributed by atoms with Crippen LogP contribution >= 0.6 is 15.9 Å².